The van der Waals surface area contributed by atoms with Crippen molar-refractivity contribution in [3.8, 4) is 0 Å². The van der Waals surface area contributed by atoms with E-state index in [-0.39, 0.29) is 18.0 Å². The monoisotopic (exact) mass is 353 g/mol. The summed E-state index contributed by atoms with van der Waals surface area (Å²) in [4.78, 5) is 30.2. The number of hydrogen-bond acceptors (Lipinski definition) is 5. The molecule has 126 valence electrons. The Bertz CT molecular complexity index is 1160. The van der Waals surface area contributed by atoms with Crippen molar-refractivity contribution in [3.05, 3.63) is 57.5 Å². The molecule has 0 atom stereocenters. The van der Waals surface area contributed by atoms with Crippen LogP contribution in [0, 0.1) is 13.8 Å². The summed E-state index contributed by atoms with van der Waals surface area (Å²) in [5.74, 6) is -0.203. The van der Waals surface area contributed by atoms with Crippen molar-refractivity contribution in [1.29, 1.82) is 0 Å². The van der Waals surface area contributed by atoms with Crippen LogP contribution in [0.15, 0.2) is 41.2 Å². The van der Waals surface area contributed by atoms with E-state index in [4.69, 9.17) is 0 Å². The second-order valence-electron chi connectivity index (χ2n) is 5.75. The number of aromatic nitrogens is 4. The van der Waals surface area contributed by atoms with E-state index in [0.29, 0.717) is 21.7 Å². The molecule has 7 nitrogen and oxygen atoms in total. The van der Waals surface area contributed by atoms with Crippen molar-refractivity contribution >= 4 is 38.9 Å². The molecule has 25 heavy (non-hydrogen) atoms. The minimum atomic E-state index is -0.259. The van der Waals surface area contributed by atoms with Crippen molar-refractivity contribution in [1.82, 2.24) is 19.2 Å². The topological polar surface area (TPSA) is 81.3 Å². The third-order valence-corrected chi connectivity index (χ3v) is 4.74. The molecular formula is C17H15N5O2S. The number of carbonyl (C=O) groups excluding carboxylic acids is 1. The molecule has 0 unspecified atom stereocenters. The maximum absolute atomic E-state index is 12.8. The van der Waals surface area contributed by atoms with Gasteiger partial charge in [-0.15, -0.1) is 0 Å². The molecule has 0 spiro atoms. The molecule has 0 aliphatic carbocycles. The summed E-state index contributed by atoms with van der Waals surface area (Å²) < 4.78 is 2.98. The van der Waals surface area contributed by atoms with Crippen LogP contribution in [0.5, 0.6) is 0 Å². The number of aryl methyl sites for hydroxylation is 2. The second-order valence-corrected chi connectivity index (χ2v) is 6.91. The number of rotatable bonds is 3. The van der Waals surface area contributed by atoms with Crippen LogP contribution in [-0.2, 0) is 11.3 Å². The first-order valence-corrected chi connectivity index (χ1v) is 8.56. The summed E-state index contributed by atoms with van der Waals surface area (Å²) in [7, 11) is 0. The van der Waals surface area contributed by atoms with E-state index in [0.717, 1.165) is 10.7 Å². The number of nitrogens with zero attached hydrogens (tertiary/aromatic N) is 4. The predicted molar refractivity (Wildman–Crippen MR) is 97.2 cm³/mol. The standard InChI is InChI=1S/C17H15N5O2S/c1-10-8-13-15(16(24)22-17(19-13)25-11(2)20-22)21(10)9-14(23)18-12-6-4-3-5-7-12/h3-8H,9H2,1-2H3,(H,18,23). The Balaban J connectivity index is 1.76. The van der Waals surface area contributed by atoms with Gasteiger partial charge in [-0.2, -0.15) is 9.61 Å². The predicted octanol–water partition coefficient (Wildman–Crippen LogP) is 2.36. The van der Waals surface area contributed by atoms with Gasteiger partial charge in [0.25, 0.3) is 5.56 Å². The highest BCUT2D eigenvalue weighted by Crippen LogP contribution is 2.18. The normalized spacial score (nSPS) is 11.3. The van der Waals surface area contributed by atoms with Crippen LogP contribution in [0.25, 0.3) is 16.0 Å². The van der Waals surface area contributed by atoms with Gasteiger partial charge in [0.15, 0.2) is 0 Å². The first-order valence-electron chi connectivity index (χ1n) is 7.74. The number of para-hydroxylation sites is 1. The molecule has 3 aromatic heterocycles. The third-order valence-electron chi connectivity index (χ3n) is 3.92. The number of carbonyl (C=O) groups is 1. The van der Waals surface area contributed by atoms with E-state index in [1.165, 1.54) is 15.9 Å². The fourth-order valence-electron chi connectivity index (χ4n) is 2.82. The average Bonchev–Trinajstić information content (AvgIpc) is 3.09. The van der Waals surface area contributed by atoms with E-state index in [1.54, 1.807) is 4.57 Å². The second kappa shape index (κ2) is 5.82. The number of hydrogen-bond donors (Lipinski definition) is 1. The molecule has 0 saturated heterocycles. The molecule has 0 saturated carbocycles. The van der Waals surface area contributed by atoms with Gasteiger partial charge in [-0.3, -0.25) is 9.59 Å². The molecule has 0 bridgehead atoms. The fourth-order valence-corrected chi connectivity index (χ4v) is 3.56. The highest BCUT2D eigenvalue weighted by molar-refractivity contribution is 7.16. The van der Waals surface area contributed by atoms with Crippen molar-refractivity contribution in [2.75, 3.05) is 5.32 Å². The molecule has 1 N–H and O–H groups in total. The van der Waals surface area contributed by atoms with Crippen LogP contribution < -0.4 is 10.9 Å². The first-order chi connectivity index (χ1) is 12.0. The van der Waals surface area contributed by atoms with Crippen LogP contribution in [-0.4, -0.2) is 25.1 Å². The van der Waals surface area contributed by atoms with Crippen molar-refractivity contribution in [3.63, 3.8) is 0 Å². The number of anilines is 1. The van der Waals surface area contributed by atoms with Crippen LogP contribution in [0.3, 0.4) is 0 Å². The number of benzene rings is 1. The molecule has 0 aliphatic heterocycles. The van der Waals surface area contributed by atoms with Gasteiger partial charge in [0, 0.05) is 11.4 Å². The zero-order valence-electron chi connectivity index (χ0n) is 13.7. The van der Waals surface area contributed by atoms with Gasteiger partial charge in [-0.1, -0.05) is 29.5 Å². The van der Waals surface area contributed by atoms with Crippen LogP contribution >= 0.6 is 11.3 Å². The van der Waals surface area contributed by atoms with E-state index < -0.39 is 0 Å². The van der Waals surface area contributed by atoms with Gasteiger partial charge >= 0.3 is 0 Å². The van der Waals surface area contributed by atoms with Crippen molar-refractivity contribution < 1.29 is 4.79 Å². The average molecular weight is 353 g/mol. The molecule has 0 radical (unpaired) electrons. The fraction of sp³-hybridized carbons (Fsp3) is 0.176. The maximum atomic E-state index is 12.8. The molecule has 1 aromatic carbocycles. The Labute approximate surface area is 146 Å². The summed E-state index contributed by atoms with van der Waals surface area (Å²) in [6.07, 6.45) is 0. The highest BCUT2D eigenvalue weighted by atomic mass is 32.1. The zero-order chi connectivity index (χ0) is 17.6. The number of fused-ring (bicyclic) bond motifs is 2. The van der Waals surface area contributed by atoms with Crippen LogP contribution in [0.2, 0.25) is 0 Å². The van der Waals surface area contributed by atoms with Crippen LogP contribution in [0.1, 0.15) is 10.7 Å². The molecule has 4 aromatic rings. The Morgan fingerprint density at radius 1 is 1.24 bits per heavy atom. The summed E-state index contributed by atoms with van der Waals surface area (Å²) in [5.41, 5.74) is 2.24. The lowest BCUT2D eigenvalue weighted by Crippen LogP contribution is -2.23. The van der Waals surface area contributed by atoms with E-state index in [2.05, 4.69) is 15.4 Å². The summed E-state index contributed by atoms with van der Waals surface area (Å²) in [6, 6.07) is 11.0. The van der Waals surface area contributed by atoms with Gasteiger partial charge in [-0.05, 0) is 32.0 Å². The maximum Gasteiger partial charge on any atom is 0.299 e. The van der Waals surface area contributed by atoms with Crippen LogP contribution in [0.4, 0.5) is 5.69 Å². The Kier molecular flexibility index (Phi) is 3.61. The van der Waals surface area contributed by atoms with Crippen molar-refractivity contribution in [2.24, 2.45) is 0 Å². The minimum absolute atomic E-state index is 0.0380. The van der Waals surface area contributed by atoms with Gasteiger partial charge in [0.05, 0.1) is 5.52 Å². The largest absolute Gasteiger partial charge is 0.330 e. The van der Waals surface area contributed by atoms with Crippen molar-refractivity contribution in [2.45, 2.75) is 20.4 Å². The number of nitrogens with one attached hydrogen (secondary N) is 1. The minimum Gasteiger partial charge on any atom is -0.330 e. The van der Waals surface area contributed by atoms with Gasteiger partial charge in [0.1, 0.15) is 17.1 Å². The third kappa shape index (κ3) is 2.70. The zero-order valence-corrected chi connectivity index (χ0v) is 14.5. The Morgan fingerprint density at radius 3 is 2.76 bits per heavy atom. The molecular weight excluding hydrogens is 338 g/mol. The lowest BCUT2D eigenvalue weighted by atomic mass is 10.3. The summed E-state index contributed by atoms with van der Waals surface area (Å²) in [5, 5.41) is 7.80. The van der Waals surface area contributed by atoms with Gasteiger partial charge in [0.2, 0.25) is 10.9 Å². The highest BCUT2D eigenvalue weighted by Gasteiger charge is 2.17. The Morgan fingerprint density at radius 2 is 2.00 bits per heavy atom. The molecule has 0 aliphatic rings. The molecule has 4 rings (SSSR count). The quantitative estimate of drug-likeness (QED) is 0.613. The van der Waals surface area contributed by atoms with Gasteiger partial charge < -0.3 is 9.88 Å². The SMILES string of the molecule is Cc1nn2c(=O)c3c(cc(C)n3CC(=O)Nc3ccccc3)nc2s1. The summed E-state index contributed by atoms with van der Waals surface area (Å²) >= 11 is 1.36. The smallest absolute Gasteiger partial charge is 0.299 e. The Hall–Kier alpha value is -3.00. The number of amides is 1. The lowest BCUT2D eigenvalue weighted by Gasteiger charge is -2.08. The van der Waals surface area contributed by atoms with E-state index in [9.17, 15) is 9.59 Å². The van der Waals surface area contributed by atoms with E-state index in [1.807, 2.05) is 50.2 Å². The van der Waals surface area contributed by atoms with Gasteiger partial charge in [-0.25, -0.2) is 4.98 Å². The molecule has 0 fully saturated rings. The van der Waals surface area contributed by atoms with E-state index >= 15 is 0 Å². The molecule has 8 heteroatoms. The summed E-state index contributed by atoms with van der Waals surface area (Å²) in [6.45, 7) is 3.72. The molecule has 1 amide bonds. The first kappa shape index (κ1) is 15.5. The lowest BCUT2D eigenvalue weighted by molar-refractivity contribution is -0.116. The molecule has 3 heterocycles.